The second-order valence-electron chi connectivity index (χ2n) is 5.68. The van der Waals surface area contributed by atoms with E-state index in [1.807, 2.05) is 43.4 Å². The second-order valence-corrected chi connectivity index (χ2v) is 5.68. The molecule has 4 N–H and O–H groups in total. The van der Waals surface area contributed by atoms with Gasteiger partial charge >= 0.3 is 0 Å². The molecule has 2 aromatic carbocycles. The molecular formula is C19H23ClN4O. The van der Waals surface area contributed by atoms with Crippen LogP contribution < -0.4 is 16.4 Å². The fraction of sp³-hybridized carbons (Fsp3) is 0.263. The van der Waals surface area contributed by atoms with Crippen molar-refractivity contribution in [3.63, 3.8) is 0 Å². The van der Waals surface area contributed by atoms with Crippen molar-refractivity contribution in [2.24, 2.45) is 5.73 Å². The summed E-state index contributed by atoms with van der Waals surface area (Å²) < 4.78 is 0. The van der Waals surface area contributed by atoms with Crippen molar-refractivity contribution < 1.29 is 4.79 Å². The number of nitrogens with one attached hydrogen (secondary N) is 2. The maximum atomic E-state index is 12.1. The highest BCUT2D eigenvalue weighted by Gasteiger charge is 2.13. The predicted molar refractivity (Wildman–Crippen MR) is 101 cm³/mol. The van der Waals surface area contributed by atoms with Crippen LogP contribution in [0.15, 0.2) is 48.5 Å². The van der Waals surface area contributed by atoms with Gasteiger partial charge in [-0.1, -0.05) is 36.4 Å². The van der Waals surface area contributed by atoms with E-state index in [0.29, 0.717) is 18.5 Å². The van der Waals surface area contributed by atoms with Crippen molar-refractivity contribution in [3.05, 3.63) is 70.8 Å². The summed E-state index contributed by atoms with van der Waals surface area (Å²) in [7, 11) is 1.90. The first-order valence-corrected chi connectivity index (χ1v) is 7.87. The van der Waals surface area contributed by atoms with Crippen molar-refractivity contribution in [2.45, 2.75) is 25.6 Å². The first-order valence-electron chi connectivity index (χ1n) is 7.87. The number of rotatable bonds is 7. The molecule has 2 aromatic rings. The molecule has 1 amide bonds. The first-order chi connectivity index (χ1) is 11.6. The SMILES string of the molecule is CNCc1ccc(C[C@H](N)C(=O)NCc2ccc(C#N)cc2)cc1.Cl. The molecule has 0 unspecified atom stereocenters. The summed E-state index contributed by atoms with van der Waals surface area (Å²) in [5, 5.41) is 14.7. The molecule has 0 fully saturated rings. The number of hydrogen-bond donors (Lipinski definition) is 3. The van der Waals surface area contributed by atoms with Crippen LogP contribution in [0.1, 0.15) is 22.3 Å². The number of halogens is 1. The molecule has 0 heterocycles. The van der Waals surface area contributed by atoms with E-state index in [4.69, 9.17) is 11.0 Å². The number of carbonyl (C=O) groups excluding carboxylic acids is 1. The van der Waals surface area contributed by atoms with Crippen molar-refractivity contribution in [3.8, 4) is 6.07 Å². The molecule has 6 heteroatoms. The number of nitrogens with two attached hydrogens (primary N) is 1. The third-order valence-electron chi connectivity index (χ3n) is 3.75. The largest absolute Gasteiger partial charge is 0.351 e. The monoisotopic (exact) mass is 358 g/mol. The van der Waals surface area contributed by atoms with Gasteiger partial charge in [-0.25, -0.2) is 0 Å². The molecule has 0 aliphatic heterocycles. The fourth-order valence-corrected chi connectivity index (χ4v) is 2.36. The molecule has 1 atom stereocenters. The van der Waals surface area contributed by atoms with Crippen molar-refractivity contribution in [1.29, 1.82) is 5.26 Å². The van der Waals surface area contributed by atoms with E-state index in [9.17, 15) is 4.79 Å². The maximum absolute atomic E-state index is 12.1. The zero-order chi connectivity index (χ0) is 17.4. The zero-order valence-electron chi connectivity index (χ0n) is 14.2. The van der Waals surface area contributed by atoms with E-state index in [1.165, 1.54) is 5.56 Å². The van der Waals surface area contributed by atoms with Gasteiger partial charge < -0.3 is 16.4 Å². The zero-order valence-corrected chi connectivity index (χ0v) is 15.0. The highest BCUT2D eigenvalue weighted by molar-refractivity contribution is 5.85. The molecule has 0 saturated heterocycles. The number of nitriles is 1. The van der Waals surface area contributed by atoms with Crippen molar-refractivity contribution in [2.75, 3.05) is 7.05 Å². The van der Waals surface area contributed by atoms with Gasteiger partial charge in [-0.15, -0.1) is 12.4 Å². The lowest BCUT2D eigenvalue weighted by molar-refractivity contribution is -0.122. The predicted octanol–water partition coefficient (Wildman–Crippen LogP) is 1.89. The molecule has 0 aromatic heterocycles. The van der Waals surface area contributed by atoms with E-state index < -0.39 is 6.04 Å². The number of hydrogen-bond acceptors (Lipinski definition) is 4. The lowest BCUT2D eigenvalue weighted by Crippen LogP contribution is -2.41. The summed E-state index contributed by atoms with van der Waals surface area (Å²) in [5.41, 5.74) is 9.76. The van der Waals surface area contributed by atoms with Crippen LogP contribution in [0.5, 0.6) is 0 Å². The molecule has 5 nitrogen and oxygen atoms in total. The number of carbonyl (C=O) groups is 1. The van der Waals surface area contributed by atoms with Crippen LogP contribution >= 0.6 is 12.4 Å². The Morgan fingerprint density at radius 2 is 1.56 bits per heavy atom. The molecule has 132 valence electrons. The van der Waals surface area contributed by atoms with Crippen LogP contribution in [0.3, 0.4) is 0 Å². The molecule has 25 heavy (non-hydrogen) atoms. The summed E-state index contributed by atoms with van der Waals surface area (Å²) >= 11 is 0. The topological polar surface area (TPSA) is 90.9 Å². The van der Waals surface area contributed by atoms with Crippen molar-refractivity contribution in [1.82, 2.24) is 10.6 Å². The minimum absolute atomic E-state index is 0. The van der Waals surface area contributed by atoms with Gasteiger partial charge in [0.05, 0.1) is 17.7 Å². The Kier molecular flexibility index (Phi) is 8.65. The third-order valence-corrected chi connectivity index (χ3v) is 3.75. The van der Waals surface area contributed by atoms with Crippen LogP contribution in [0.25, 0.3) is 0 Å². The van der Waals surface area contributed by atoms with Gasteiger partial charge in [-0.3, -0.25) is 4.79 Å². The van der Waals surface area contributed by atoms with Gasteiger partial charge in [-0.2, -0.15) is 5.26 Å². The van der Waals surface area contributed by atoms with Crippen LogP contribution in [-0.4, -0.2) is 19.0 Å². The van der Waals surface area contributed by atoms with E-state index in [2.05, 4.69) is 16.7 Å². The Morgan fingerprint density at radius 1 is 1.04 bits per heavy atom. The normalized spacial score (nSPS) is 11.1. The Bertz CT molecular complexity index is 708. The van der Waals surface area contributed by atoms with Gasteiger partial charge in [0.2, 0.25) is 5.91 Å². The molecular weight excluding hydrogens is 336 g/mol. The van der Waals surface area contributed by atoms with E-state index in [-0.39, 0.29) is 18.3 Å². The summed E-state index contributed by atoms with van der Waals surface area (Å²) in [5.74, 6) is -0.182. The highest BCUT2D eigenvalue weighted by Crippen LogP contribution is 2.07. The summed E-state index contributed by atoms with van der Waals surface area (Å²) in [4.78, 5) is 12.1. The average molecular weight is 359 g/mol. The quantitative estimate of drug-likeness (QED) is 0.704. The van der Waals surface area contributed by atoms with Gasteiger partial charge in [0.1, 0.15) is 0 Å². The lowest BCUT2D eigenvalue weighted by atomic mass is 10.0. The maximum Gasteiger partial charge on any atom is 0.237 e. The Hall–Kier alpha value is -2.39. The van der Waals surface area contributed by atoms with Crippen molar-refractivity contribution >= 4 is 18.3 Å². The molecule has 0 radical (unpaired) electrons. The van der Waals surface area contributed by atoms with Gasteiger partial charge in [-0.05, 0) is 42.3 Å². The second kappa shape index (κ2) is 10.5. The highest BCUT2D eigenvalue weighted by atomic mass is 35.5. The Labute approximate surface area is 154 Å². The summed E-state index contributed by atoms with van der Waals surface area (Å²) in [6.45, 7) is 1.22. The molecule has 0 saturated carbocycles. The Morgan fingerprint density at radius 3 is 2.12 bits per heavy atom. The first kappa shape index (κ1) is 20.7. The van der Waals surface area contributed by atoms with Gasteiger partial charge in [0.25, 0.3) is 0 Å². The summed E-state index contributed by atoms with van der Waals surface area (Å²) in [6, 6.07) is 16.7. The van der Waals surface area contributed by atoms with Crippen LogP contribution in [0, 0.1) is 11.3 Å². The van der Waals surface area contributed by atoms with E-state index in [0.717, 1.165) is 17.7 Å². The number of amides is 1. The Balaban J connectivity index is 0.00000312. The molecule has 0 aliphatic rings. The minimum Gasteiger partial charge on any atom is -0.351 e. The fourth-order valence-electron chi connectivity index (χ4n) is 2.36. The van der Waals surface area contributed by atoms with Gasteiger partial charge in [0, 0.05) is 13.1 Å². The molecule has 2 rings (SSSR count). The van der Waals surface area contributed by atoms with Crippen LogP contribution in [0.4, 0.5) is 0 Å². The lowest BCUT2D eigenvalue weighted by Gasteiger charge is -2.13. The smallest absolute Gasteiger partial charge is 0.237 e. The van der Waals surface area contributed by atoms with Crippen LogP contribution in [-0.2, 0) is 24.3 Å². The van der Waals surface area contributed by atoms with E-state index >= 15 is 0 Å². The molecule has 0 bridgehead atoms. The standard InChI is InChI=1S/C19H22N4O.ClH/c1-22-12-16-6-2-14(3-7-16)10-18(21)19(24)23-13-17-8-4-15(11-20)5-9-17;/h2-9,18,22H,10,12-13,21H2,1H3,(H,23,24);1H/t18-;/m0./s1. The van der Waals surface area contributed by atoms with Crippen LogP contribution in [0.2, 0.25) is 0 Å². The molecule has 0 spiro atoms. The average Bonchev–Trinajstić information content (AvgIpc) is 2.62. The van der Waals surface area contributed by atoms with E-state index in [1.54, 1.807) is 12.1 Å². The number of nitrogens with zero attached hydrogens (tertiary/aromatic N) is 1. The minimum atomic E-state index is -0.585. The number of benzene rings is 2. The third kappa shape index (κ3) is 6.55. The summed E-state index contributed by atoms with van der Waals surface area (Å²) in [6.07, 6.45) is 0.499. The molecule has 0 aliphatic carbocycles. The van der Waals surface area contributed by atoms with Gasteiger partial charge in [0.15, 0.2) is 0 Å².